The molecule has 174 valence electrons. The quantitative estimate of drug-likeness (QED) is 0.387. The van der Waals surface area contributed by atoms with E-state index < -0.39 is 48.1 Å². The minimum atomic E-state index is -1.91. The van der Waals surface area contributed by atoms with Gasteiger partial charge in [-0.05, 0) is 30.7 Å². The second-order valence-corrected chi connectivity index (χ2v) is 8.82. The van der Waals surface area contributed by atoms with Crippen LogP contribution in [0, 0.1) is 0 Å². The number of aliphatic imine (C=N–C) groups is 2. The van der Waals surface area contributed by atoms with E-state index in [1.165, 1.54) is 11.8 Å². The molecule has 3 aliphatic heterocycles. The van der Waals surface area contributed by atoms with Gasteiger partial charge in [-0.3, -0.25) is 5.21 Å². The highest BCUT2D eigenvalue weighted by atomic mass is 16.6. The number of guanidine groups is 2. The monoisotopic (exact) mass is 454 g/mol. The second-order valence-electron chi connectivity index (χ2n) is 8.82. The van der Waals surface area contributed by atoms with Crippen molar-refractivity contribution in [2.75, 3.05) is 6.61 Å². The summed E-state index contributed by atoms with van der Waals surface area (Å²) in [5.74, 6) is -0.935. The number of rotatable bonds is 3. The maximum absolute atomic E-state index is 13.3. The highest BCUT2D eigenvalue weighted by Crippen LogP contribution is 2.53. The summed E-state index contributed by atoms with van der Waals surface area (Å²) in [6, 6.07) is 10.2. The van der Waals surface area contributed by atoms with Gasteiger partial charge in [-0.2, -0.15) is 5.06 Å². The number of hydroxylamine groups is 2. The van der Waals surface area contributed by atoms with Gasteiger partial charge < -0.3 is 31.3 Å². The Hall–Kier alpha value is -3.41. The number of nitrogens with two attached hydrogens (primary N) is 2. The first kappa shape index (κ1) is 21.4. The maximum atomic E-state index is 13.3. The lowest BCUT2D eigenvalue weighted by molar-refractivity contribution is -0.229. The van der Waals surface area contributed by atoms with E-state index in [-0.39, 0.29) is 11.9 Å². The maximum Gasteiger partial charge on any atom is 0.339 e. The molecule has 0 saturated carbocycles. The summed E-state index contributed by atoms with van der Waals surface area (Å²) in [6.45, 7) is 2.70. The predicted molar refractivity (Wildman–Crippen MR) is 119 cm³/mol. The molecule has 1 saturated heterocycles. The average Bonchev–Trinajstić information content (AvgIpc) is 3.16. The molecular formula is C22H26N6O5. The van der Waals surface area contributed by atoms with E-state index >= 15 is 0 Å². The summed E-state index contributed by atoms with van der Waals surface area (Å²) in [5, 5.41) is 35.0. The lowest BCUT2D eigenvalue weighted by Crippen LogP contribution is -2.77. The van der Waals surface area contributed by atoms with Gasteiger partial charge in [0.25, 0.3) is 0 Å². The number of ether oxygens (including phenoxy) is 1. The zero-order valence-corrected chi connectivity index (χ0v) is 18.2. The van der Waals surface area contributed by atoms with Crippen molar-refractivity contribution in [3.05, 3.63) is 48.0 Å². The molecule has 0 aliphatic carbocycles. The van der Waals surface area contributed by atoms with Gasteiger partial charge in [0.2, 0.25) is 11.6 Å². The Labute approximate surface area is 189 Å². The summed E-state index contributed by atoms with van der Waals surface area (Å²) in [6.07, 6.45) is -1.14. The van der Waals surface area contributed by atoms with Gasteiger partial charge in [-0.1, -0.05) is 36.4 Å². The van der Waals surface area contributed by atoms with Crippen molar-refractivity contribution >= 4 is 28.7 Å². The Morgan fingerprint density at radius 3 is 2.58 bits per heavy atom. The summed E-state index contributed by atoms with van der Waals surface area (Å²) >= 11 is 0. The molecule has 0 radical (unpaired) electrons. The number of carbonyl (C=O) groups is 1. The third-order valence-electron chi connectivity index (χ3n) is 7.08. The number of hydrogen-bond acceptors (Lipinski definition) is 11. The zero-order valence-electron chi connectivity index (χ0n) is 18.2. The fourth-order valence-electron chi connectivity index (χ4n) is 5.69. The lowest BCUT2D eigenvalue weighted by atomic mass is 9.79. The lowest BCUT2D eigenvalue weighted by Gasteiger charge is -2.52. The van der Waals surface area contributed by atoms with E-state index in [9.17, 15) is 20.2 Å². The van der Waals surface area contributed by atoms with Gasteiger partial charge in [0.1, 0.15) is 17.7 Å². The number of aliphatic hydroxyl groups excluding tert-OH is 1. The average molecular weight is 454 g/mol. The molecule has 1 spiro atoms. The van der Waals surface area contributed by atoms with Gasteiger partial charge in [0, 0.05) is 0 Å². The van der Waals surface area contributed by atoms with E-state index in [2.05, 4.69) is 9.98 Å². The van der Waals surface area contributed by atoms with Gasteiger partial charge in [0.15, 0.2) is 12.1 Å². The molecule has 0 bridgehead atoms. The van der Waals surface area contributed by atoms with Crippen LogP contribution in [0.3, 0.4) is 0 Å². The molecule has 2 aromatic rings. The molecule has 6 unspecified atom stereocenters. The number of nitrogens with zero attached hydrogens (tertiary/aromatic N) is 4. The number of benzene rings is 2. The number of esters is 1. The number of aliphatic hydroxyl groups is 2. The predicted octanol–water partition coefficient (Wildman–Crippen LogP) is -0.406. The van der Waals surface area contributed by atoms with Crippen molar-refractivity contribution < 1.29 is 25.0 Å². The first-order chi connectivity index (χ1) is 15.7. The molecule has 0 aromatic heterocycles. The summed E-state index contributed by atoms with van der Waals surface area (Å²) in [7, 11) is 0. The standard InChI is InChI=1S/C22H26N6O5/c1-11-17(33-18(30)14-9-5-7-12-6-3-4-8-13(12)14)21(2,31)22-16(26-20(24)28(22)32)15(10-29)25-19(23)27(11)22/h3-9,11,15-17,29,31-32H,10H2,1-2H3,(H2,23,25)(H2,24,26). The van der Waals surface area contributed by atoms with Gasteiger partial charge in [0.05, 0.1) is 18.2 Å². The highest BCUT2D eigenvalue weighted by Gasteiger charge is 2.77. The van der Waals surface area contributed by atoms with Crippen LogP contribution in [-0.4, -0.2) is 85.4 Å². The number of carbonyl (C=O) groups excluding carboxylic acids is 1. The van der Waals surface area contributed by atoms with Crippen LogP contribution in [0.5, 0.6) is 0 Å². The minimum Gasteiger partial charge on any atom is -0.453 e. The normalized spacial score (nSPS) is 35.2. The summed E-state index contributed by atoms with van der Waals surface area (Å²) < 4.78 is 5.90. The molecule has 7 N–H and O–H groups in total. The molecule has 11 heteroatoms. The summed E-state index contributed by atoms with van der Waals surface area (Å²) in [4.78, 5) is 23.3. The van der Waals surface area contributed by atoms with Crippen LogP contribution in [0.1, 0.15) is 24.2 Å². The number of hydrogen-bond donors (Lipinski definition) is 5. The largest absolute Gasteiger partial charge is 0.453 e. The number of fused-ring (bicyclic) bond motifs is 1. The van der Waals surface area contributed by atoms with Crippen molar-refractivity contribution in [2.24, 2.45) is 21.5 Å². The SMILES string of the molecule is CC1C(OC(=O)c2cccc3ccccc23)C(C)(O)C23C(N=C(N)N2O)C(CO)N=C(N)N13. The fourth-order valence-corrected chi connectivity index (χ4v) is 5.69. The van der Waals surface area contributed by atoms with Crippen molar-refractivity contribution in [2.45, 2.75) is 49.3 Å². The van der Waals surface area contributed by atoms with Crippen LogP contribution in [0.25, 0.3) is 10.8 Å². The van der Waals surface area contributed by atoms with E-state index in [4.69, 9.17) is 16.2 Å². The Kier molecular flexibility index (Phi) is 4.57. The first-order valence-corrected chi connectivity index (χ1v) is 10.6. The van der Waals surface area contributed by atoms with Crippen LogP contribution in [-0.2, 0) is 4.74 Å². The molecule has 2 aromatic carbocycles. The molecule has 6 atom stereocenters. The topological polar surface area (TPSA) is 170 Å². The third-order valence-corrected chi connectivity index (χ3v) is 7.08. The second kappa shape index (κ2) is 7.04. The van der Waals surface area contributed by atoms with Crippen LogP contribution in [0.15, 0.2) is 52.4 Å². The van der Waals surface area contributed by atoms with E-state index in [1.54, 1.807) is 19.1 Å². The van der Waals surface area contributed by atoms with Gasteiger partial charge >= 0.3 is 5.97 Å². The fraction of sp³-hybridized carbons (Fsp3) is 0.409. The van der Waals surface area contributed by atoms with Crippen LogP contribution in [0.2, 0.25) is 0 Å². The van der Waals surface area contributed by atoms with E-state index in [0.29, 0.717) is 16.0 Å². The molecule has 33 heavy (non-hydrogen) atoms. The van der Waals surface area contributed by atoms with E-state index in [1.807, 2.05) is 30.3 Å². The molecular weight excluding hydrogens is 428 g/mol. The first-order valence-electron chi connectivity index (χ1n) is 10.6. The van der Waals surface area contributed by atoms with Crippen LogP contribution < -0.4 is 11.5 Å². The Morgan fingerprint density at radius 2 is 1.85 bits per heavy atom. The highest BCUT2D eigenvalue weighted by molar-refractivity contribution is 6.04. The Morgan fingerprint density at radius 1 is 1.15 bits per heavy atom. The van der Waals surface area contributed by atoms with Crippen molar-refractivity contribution in [1.82, 2.24) is 9.96 Å². The van der Waals surface area contributed by atoms with Gasteiger partial charge in [-0.15, -0.1) is 0 Å². The molecule has 5 rings (SSSR count). The van der Waals surface area contributed by atoms with Gasteiger partial charge in [-0.25, -0.2) is 14.8 Å². The molecule has 1 fully saturated rings. The molecule has 0 amide bonds. The zero-order chi connectivity index (χ0) is 23.7. The third kappa shape index (κ3) is 2.58. The Bertz CT molecular complexity index is 1190. The molecule has 11 nitrogen and oxygen atoms in total. The van der Waals surface area contributed by atoms with Crippen LogP contribution >= 0.6 is 0 Å². The molecule has 3 aliphatic rings. The van der Waals surface area contributed by atoms with Crippen molar-refractivity contribution in [1.29, 1.82) is 0 Å². The smallest absolute Gasteiger partial charge is 0.339 e. The van der Waals surface area contributed by atoms with E-state index in [0.717, 1.165) is 5.39 Å². The molecule has 3 heterocycles. The van der Waals surface area contributed by atoms with Crippen LogP contribution in [0.4, 0.5) is 0 Å². The van der Waals surface area contributed by atoms with Crippen molar-refractivity contribution in [3.63, 3.8) is 0 Å². The summed E-state index contributed by atoms with van der Waals surface area (Å²) in [5.41, 5.74) is 8.85. The van der Waals surface area contributed by atoms with Crippen molar-refractivity contribution in [3.8, 4) is 0 Å². The Balaban J connectivity index is 1.59. The minimum absolute atomic E-state index is 0.0364.